The van der Waals surface area contributed by atoms with Gasteiger partial charge in [-0.25, -0.2) is 0 Å². The lowest BCUT2D eigenvalue weighted by atomic mass is 9.97. The number of hydrogen-bond donors (Lipinski definition) is 1. The minimum absolute atomic E-state index is 0.289. The van der Waals surface area contributed by atoms with Gasteiger partial charge in [-0.05, 0) is 43.9 Å². The van der Waals surface area contributed by atoms with Gasteiger partial charge in [0.05, 0.1) is 15.9 Å². The fourth-order valence-electron chi connectivity index (χ4n) is 3.61. The van der Waals surface area contributed by atoms with Crippen LogP contribution in [0.5, 0.6) is 0 Å². The van der Waals surface area contributed by atoms with Crippen molar-refractivity contribution in [1.29, 1.82) is 0 Å². The standard InChI is InChI=1S/C20H20Cl2N2OS/c1-12-8-18(24-6-4-13(10-25)5-7-24)20-19(23-12)16(11-26-20)15-3-2-14(21)9-17(15)22/h2-3,8-9,11,13,25H,4-7,10H2,1H3. The number of aryl methyl sites for hydroxylation is 1. The Morgan fingerprint density at radius 2 is 1.96 bits per heavy atom. The molecule has 136 valence electrons. The largest absolute Gasteiger partial charge is 0.396 e. The molecule has 1 saturated heterocycles. The highest BCUT2D eigenvalue weighted by Crippen LogP contribution is 2.42. The average molecular weight is 407 g/mol. The lowest BCUT2D eigenvalue weighted by Gasteiger charge is -2.33. The number of fused-ring (bicyclic) bond motifs is 1. The van der Waals surface area contributed by atoms with Gasteiger partial charge < -0.3 is 10.0 Å². The molecule has 4 rings (SSSR count). The van der Waals surface area contributed by atoms with Crippen LogP contribution < -0.4 is 4.90 Å². The van der Waals surface area contributed by atoms with Crippen LogP contribution in [-0.4, -0.2) is 29.8 Å². The number of piperidine rings is 1. The first-order valence-electron chi connectivity index (χ1n) is 8.77. The molecule has 1 aromatic carbocycles. The molecular weight excluding hydrogens is 387 g/mol. The molecule has 1 fully saturated rings. The van der Waals surface area contributed by atoms with Gasteiger partial charge in [-0.15, -0.1) is 11.3 Å². The molecule has 3 heterocycles. The van der Waals surface area contributed by atoms with E-state index >= 15 is 0 Å². The quantitative estimate of drug-likeness (QED) is 0.597. The number of anilines is 1. The van der Waals surface area contributed by atoms with Crippen LogP contribution in [0.1, 0.15) is 18.5 Å². The summed E-state index contributed by atoms with van der Waals surface area (Å²) in [6, 6.07) is 7.77. The Kier molecular flexibility index (Phi) is 5.11. The zero-order valence-electron chi connectivity index (χ0n) is 14.5. The average Bonchev–Trinajstić information content (AvgIpc) is 3.04. The number of hydrogen-bond acceptors (Lipinski definition) is 4. The van der Waals surface area contributed by atoms with Crippen LogP contribution >= 0.6 is 34.5 Å². The summed E-state index contributed by atoms with van der Waals surface area (Å²) in [5, 5.41) is 12.8. The Hall–Kier alpha value is -1.33. The van der Waals surface area contributed by atoms with Crippen molar-refractivity contribution in [3.8, 4) is 11.1 Å². The van der Waals surface area contributed by atoms with Crippen LogP contribution in [0.2, 0.25) is 10.0 Å². The Bertz CT molecular complexity index is 948. The maximum atomic E-state index is 9.39. The Labute approximate surface area is 167 Å². The third kappa shape index (κ3) is 3.31. The van der Waals surface area contributed by atoms with E-state index < -0.39 is 0 Å². The Balaban J connectivity index is 1.78. The fourth-order valence-corrected chi connectivity index (χ4v) is 5.17. The van der Waals surface area contributed by atoms with Crippen LogP contribution in [0.3, 0.4) is 0 Å². The molecule has 3 nitrogen and oxygen atoms in total. The number of pyridine rings is 1. The van der Waals surface area contributed by atoms with Gasteiger partial charge in [-0.2, -0.15) is 0 Å². The first-order chi connectivity index (χ1) is 12.6. The van der Waals surface area contributed by atoms with Gasteiger partial charge in [0.25, 0.3) is 0 Å². The smallest absolute Gasteiger partial charge is 0.0912 e. The highest BCUT2D eigenvalue weighted by atomic mass is 35.5. The van der Waals surface area contributed by atoms with E-state index in [4.69, 9.17) is 28.2 Å². The van der Waals surface area contributed by atoms with Crippen molar-refractivity contribution in [2.45, 2.75) is 19.8 Å². The number of rotatable bonds is 3. The molecule has 26 heavy (non-hydrogen) atoms. The minimum atomic E-state index is 0.289. The summed E-state index contributed by atoms with van der Waals surface area (Å²) in [6.07, 6.45) is 2.06. The monoisotopic (exact) mass is 406 g/mol. The van der Waals surface area contributed by atoms with Crippen molar-refractivity contribution < 1.29 is 5.11 Å². The lowest BCUT2D eigenvalue weighted by Crippen LogP contribution is -2.34. The van der Waals surface area contributed by atoms with E-state index in [1.165, 1.54) is 10.4 Å². The second-order valence-corrected chi connectivity index (χ2v) is 8.57. The zero-order chi connectivity index (χ0) is 18.3. The van der Waals surface area contributed by atoms with Crippen molar-refractivity contribution in [3.63, 3.8) is 0 Å². The fraction of sp³-hybridized carbons (Fsp3) is 0.350. The van der Waals surface area contributed by atoms with E-state index in [1.54, 1.807) is 17.4 Å². The van der Waals surface area contributed by atoms with Crippen molar-refractivity contribution in [2.75, 3.05) is 24.6 Å². The molecule has 0 spiro atoms. The van der Waals surface area contributed by atoms with E-state index in [1.807, 2.05) is 19.1 Å². The summed E-state index contributed by atoms with van der Waals surface area (Å²) in [5.41, 5.74) is 5.26. The van der Waals surface area contributed by atoms with E-state index in [9.17, 15) is 5.11 Å². The number of nitrogens with zero attached hydrogens (tertiary/aromatic N) is 2. The van der Waals surface area contributed by atoms with Crippen molar-refractivity contribution in [2.24, 2.45) is 5.92 Å². The predicted molar refractivity (Wildman–Crippen MR) is 112 cm³/mol. The van der Waals surface area contributed by atoms with Crippen LogP contribution in [0.15, 0.2) is 29.6 Å². The topological polar surface area (TPSA) is 36.4 Å². The molecular formula is C20H20Cl2N2OS. The number of thiophene rings is 1. The summed E-state index contributed by atoms with van der Waals surface area (Å²) >= 11 is 14.2. The van der Waals surface area contributed by atoms with Gasteiger partial charge in [0.15, 0.2) is 0 Å². The lowest BCUT2D eigenvalue weighted by molar-refractivity contribution is 0.203. The van der Waals surface area contributed by atoms with Gasteiger partial charge in [0.2, 0.25) is 0 Å². The molecule has 1 N–H and O–H groups in total. The molecule has 1 aliphatic heterocycles. The molecule has 0 atom stereocenters. The highest BCUT2D eigenvalue weighted by molar-refractivity contribution is 7.18. The zero-order valence-corrected chi connectivity index (χ0v) is 16.8. The van der Waals surface area contributed by atoms with Gasteiger partial charge in [0.1, 0.15) is 0 Å². The molecule has 0 saturated carbocycles. The number of benzene rings is 1. The van der Waals surface area contributed by atoms with Crippen LogP contribution in [0, 0.1) is 12.8 Å². The van der Waals surface area contributed by atoms with E-state index in [2.05, 4.69) is 16.3 Å². The van der Waals surface area contributed by atoms with E-state index in [0.717, 1.165) is 48.3 Å². The third-order valence-electron chi connectivity index (χ3n) is 5.07. The molecule has 0 amide bonds. The predicted octanol–water partition coefficient (Wildman–Crippen LogP) is 5.79. The summed E-state index contributed by atoms with van der Waals surface area (Å²) in [7, 11) is 0. The number of halogens is 2. The second-order valence-electron chi connectivity index (χ2n) is 6.85. The third-order valence-corrected chi connectivity index (χ3v) is 6.61. The van der Waals surface area contributed by atoms with Crippen molar-refractivity contribution >= 4 is 50.4 Å². The van der Waals surface area contributed by atoms with Gasteiger partial charge in [0, 0.05) is 51.9 Å². The molecule has 3 aromatic rings. The van der Waals surface area contributed by atoms with E-state index in [0.29, 0.717) is 16.0 Å². The molecule has 0 radical (unpaired) electrons. The SMILES string of the molecule is Cc1cc(N2CCC(CO)CC2)c2scc(-c3ccc(Cl)cc3Cl)c2n1. The summed E-state index contributed by atoms with van der Waals surface area (Å²) in [5.74, 6) is 0.427. The molecule has 1 aliphatic rings. The minimum Gasteiger partial charge on any atom is -0.396 e. The van der Waals surface area contributed by atoms with Crippen molar-refractivity contribution in [1.82, 2.24) is 4.98 Å². The molecule has 2 aromatic heterocycles. The van der Waals surface area contributed by atoms with Gasteiger partial charge in [-0.1, -0.05) is 29.3 Å². The highest BCUT2D eigenvalue weighted by Gasteiger charge is 2.22. The molecule has 0 bridgehead atoms. The van der Waals surface area contributed by atoms with Gasteiger partial charge >= 0.3 is 0 Å². The van der Waals surface area contributed by atoms with Crippen LogP contribution in [0.25, 0.3) is 21.3 Å². The van der Waals surface area contributed by atoms with Gasteiger partial charge in [-0.3, -0.25) is 4.98 Å². The Morgan fingerprint density at radius 1 is 1.19 bits per heavy atom. The van der Waals surface area contributed by atoms with Crippen LogP contribution in [0.4, 0.5) is 5.69 Å². The first kappa shape index (κ1) is 18.1. The maximum absolute atomic E-state index is 9.39. The molecule has 0 aliphatic carbocycles. The Morgan fingerprint density at radius 3 is 2.65 bits per heavy atom. The van der Waals surface area contributed by atoms with E-state index in [-0.39, 0.29) is 6.61 Å². The maximum Gasteiger partial charge on any atom is 0.0912 e. The number of aromatic nitrogens is 1. The molecule has 6 heteroatoms. The summed E-state index contributed by atoms with van der Waals surface area (Å²) < 4.78 is 1.19. The number of aliphatic hydroxyl groups is 1. The number of aliphatic hydroxyl groups excluding tert-OH is 1. The normalized spacial score (nSPS) is 15.8. The summed E-state index contributed by atoms with van der Waals surface area (Å²) in [4.78, 5) is 7.24. The van der Waals surface area contributed by atoms with Crippen molar-refractivity contribution in [3.05, 3.63) is 45.4 Å². The molecule has 0 unspecified atom stereocenters. The van der Waals surface area contributed by atoms with Crippen LogP contribution in [-0.2, 0) is 0 Å². The second kappa shape index (κ2) is 7.35. The summed E-state index contributed by atoms with van der Waals surface area (Å²) in [6.45, 7) is 4.27. The first-order valence-corrected chi connectivity index (χ1v) is 10.4.